The highest BCUT2D eigenvalue weighted by Crippen LogP contribution is 2.27. The Morgan fingerprint density at radius 3 is 2.54 bits per heavy atom. The third kappa shape index (κ3) is 5.04. The second-order valence-corrected chi connectivity index (χ2v) is 6.13. The van der Waals surface area contributed by atoms with Crippen LogP contribution in [0.15, 0.2) is 36.4 Å². The first-order valence-electron chi connectivity index (χ1n) is 7.30. The summed E-state index contributed by atoms with van der Waals surface area (Å²) in [6, 6.07) is 8.44. The van der Waals surface area contributed by atoms with Gasteiger partial charge in [-0.05, 0) is 43.4 Å². The van der Waals surface area contributed by atoms with Gasteiger partial charge in [0, 0.05) is 17.7 Å². The molecule has 0 saturated carbocycles. The highest BCUT2D eigenvalue weighted by molar-refractivity contribution is 7.80. The van der Waals surface area contributed by atoms with Crippen molar-refractivity contribution in [3.05, 3.63) is 62.1 Å². The van der Waals surface area contributed by atoms with E-state index in [2.05, 4.69) is 10.6 Å². The second-order valence-electron chi connectivity index (χ2n) is 4.91. The first kappa shape index (κ1) is 19.9. The molecule has 0 spiro atoms. The smallest absolute Gasteiger partial charge is 0.271 e. The molecule has 1 amide bonds. The summed E-state index contributed by atoms with van der Waals surface area (Å²) in [4.78, 5) is 22.4. The second kappa shape index (κ2) is 8.79. The van der Waals surface area contributed by atoms with Crippen LogP contribution in [0.5, 0.6) is 5.75 Å². The fourth-order valence-corrected chi connectivity index (χ4v) is 2.62. The van der Waals surface area contributed by atoms with Crippen LogP contribution in [0.3, 0.4) is 0 Å². The lowest BCUT2D eigenvalue weighted by Crippen LogP contribution is -2.34. The number of non-ortho nitro benzene ring substituents is 1. The third-order valence-electron chi connectivity index (χ3n) is 3.13. The summed E-state index contributed by atoms with van der Waals surface area (Å²) in [6.45, 7) is 2.28. The van der Waals surface area contributed by atoms with Gasteiger partial charge in [0.15, 0.2) is 5.11 Å². The van der Waals surface area contributed by atoms with E-state index in [9.17, 15) is 14.9 Å². The van der Waals surface area contributed by atoms with E-state index in [4.69, 9.17) is 40.2 Å². The molecule has 2 aromatic rings. The highest BCUT2D eigenvalue weighted by Gasteiger charge is 2.13. The molecule has 0 aliphatic rings. The van der Waals surface area contributed by atoms with Gasteiger partial charge in [0.1, 0.15) is 5.75 Å². The molecule has 10 heteroatoms. The quantitative estimate of drug-likeness (QED) is 0.427. The topological polar surface area (TPSA) is 93.5 Å². The lowest BCUT2D eigenvalue weighted by Gasteiger charge is -2.11. The molecule has 7 nitrogen and oxygen atoms in total. The Kier molecular flexibility index (Phi) is 6.73. The molecule has 26 heavy (non-hydrogen) atoms. The van der Waals surface area contributed by atoms with Crippen LogP contribution in [0.4, 0.5) is 11.4 Å². The zero-order chi connectivity index (χ0) is 19.3. The Hall–Kier alpha value is -2.42. The van der Waals surface area contributed by atoms with E-state index >= 15 is 0 Å². The van der Waals surface area contributed by atoms with Crippen LogP contribution in [0.1, 0.15) is 17.3 Å². The van der Waals surface area contributed by atoms with Crippen molar-refractivity contribution in [1.82, 2.24) is 5.32 Å². The fraction of sp³-hybridized carbons (Fsp3) is 0.125. The van der Waals surface area contributed by atoms with E-state index in [-0.39, 0.29) is 21.4 Å². The molecule has 0 aromatic heterocycles. The molecule has 0 heterocycles. The molecule has 2 aromatic carbocycles. The molecular formula is C16H13Cl2N3O4S. The van der Waals surface area contributed by atoms with Gasteiger partial charge in [0.2, 0.25) is 0 Å². The molecule has 2 rings (SSSR count). The Morgan fingerprint density at radius 1 is 1.23 bits per heavy atom. The number of nitrogens with zero attached hydrogens (tertiary/aromatic N) is 1. The maximum atomic E-state index is 12.2. The van der Waals surface area contributed by atoms with Gasteiger partial charge in [0.25, 0.3) is 11.6 Å². The van der Waals surface area contributed by atoms with E-state index in [1.807, 2.05) is 6.92 Å². The van der Waals surface area contributed by atoms with Gasteiger partial charge in [-0.1, -0.05) is 23.2 Å². The third-order valence-corrected chi connectivity index (χ3v) is 3.94. The van der Waals surface area contributed by atoms with Crippen molar-refractivity contribution in [2.45, 2.75) is 6.92 Å². The first-order chi connectivity index (χ1) is 12.3. The van der Waals surface area contributed by atoms with Crippen molar-refractivity contribution in [2.75, 3.05) is 11.9 Å². The highest BCUT2D eigenvalue weighted by atomic mass is 35.5. The number of hydrogen-bond donors (Lipinski definition) is 2. The summed E-state index contributed by atoms with van der Waals surface area (Å²) in [7, 11) is 0. The number of halogens is 2. The van der Waals surface area contributed by atoms with Crippen LogP contribution in [-0.4, -0.2) is 22.5 Å². The summed E-state index contributed by atoms with van der Waals surface area (Å²) < 4.78 is 5.31. The number of anilines is 1. The predicted octanol–water partition coefficient (Wildman–Crippen LogP) is 4.43. The molecule has 0 aliphatic heterocycles. The van der Waals surface area contributed by atoms with Crippen molar-refractivity contribution in [2.24, 2.45) is 0 Å². The number of thiocarbonyl (C=S) groups is 1. The molecule has 0 aliphatic carbocycles. The minimum atomic E-state index is -0.564. The molecule has 0 radical (unpaired) electrons. The zero-order valence-electron chi connectivity index (χ0n) is 13.4. The molecular weight excluding hydrogens is 401 g/mol. The van der Waals surface area contributed by atoms with Gasteiger partial charge in [-0.25, -0.2) is 0 Å². The van der Waals surface area contributed by atoms with Crippen LogP contribution in [-0.2, 0) is 0 Å². The van der Waals surface area contributed by atoms with Crippen LogP contribution >= 0.6 is 35.4 Å². The first-order valence-corrected chi connectivity index (χ1v) is 8.47. The van der Waals surface area contributed by atoms with Gasteiger partial charge in [-0.2, -0.15) is 0 Å². The van der Waals surface area contributed by atoms with Gasteiger partial charge in [-0.3, -0.25) is 20.2 Å². The monoisotopic (exact) mass is 413 g/mol. The lowest BCUT2D eigenvalue weighted by atomic mass is 10.2. The van der Waals surface area contributed by atoms with Crippen molar-refractivity contribution in [3.63, 3.8) is 0 Å². The molecule has 0 atom stereocenters. The number of hydrogen-bond acceptors (Lipinski definition) is 5. The van der Waals surface area contributed by atoms with Gasteiger partial charge >= 0.3 is 0 Å². The summed E-state index contributed by atoms with van der Waals surface area (Å²) in [5.74, 6) is -0.00503. The molecule has 0 saturated heterocycles. The van der Waals surface area contributed by atoms with Crippen molar-refractivity contribution in [3.8, 4) is 5.75 Å². The van der Waals surface area contributed by atoms with E-state index in [1.54, 1.807) is 12.1 Å². The number of amides is 1. The van der Waals surface area contributed by atoms with E-state index in [1.165, 1.54) is 24.3 Å². The predicted molar refractivity (Wildman–Crippen MR) is 104 cm³/mol. The van der Waals surface area contributed by atoms with Crippen LogP contribution in [0.2, 0.25) is 10.0 Å². The maximum absolute atomic E-state index is 12.2. The Balaban J connectivity index is 2.04. The van der Waals surface area contributed by atoms with Gasteiger partial charge in [0.05, 0.1) is 27.3 Å². The molecule has 0 unspecified atom stereocenters. The van der Waals surface area contributed by atoms with E-state index in [0.29, 0.717) is 23.1 Å². The van der Waals surface area contributed by atoms with Gasteiger partial charge in [-0.15, -0.1) is 0 Å². The average Bonchev–Trinajstić information content (AvgIpc) is 2.58. The Bertz CT molecular complexity index is 877. The maximum Gasteiger partial charge on any atom is 0.271 e. The number of nitrogens with one attached hydrogen (secondary N) is 2. The van der Waals surface area contributed by atoms with E-state index in [0.717, 1.165) is 0 Å². The normalized spacial score (nSPS) is 10.1. The molecule has 0 fully saturated rings. The van der Waals surface area contributed by atoms with Crippen LogP contribution in [0, 0.1) is 10.1 Å². The Morgan fingerprint density at radius 2 is 1.96 bits per heavy atom. The SMILES string of the molecule is CCOc1ccc(C(=O)NC(=S)Nc2ccc([N+](=O)[O-])cc2Cl)cc1Cl. The zero-order valence-corrected chi connectivity index (χ0v) is 15.7. The number of benzene rings is 2. The fourth-order valence-electron chi connectivity index (χ4n) is 1.96. The van der Waals surface area contributed by atoms with Crippen molar-refractivity contribution in [1.29, 1.82) is 0 Å². The Labute approximate surface area is 164 Å². The summed E-state index contributed by atoms with van der Waals surface area (Å²) in [5.41, 5.74) is 0.462. The molecule has 136 valence electrons. The number of ether oxygens (including phenoxy) is 1. The van der Waals surface area contributed by atoms with Crippen LogP contribution < -0.4 is 15.4 Å². The lowest BCUT2D eigenvalue weighted by molar-refractivity contribution is -0.384. The number of nitro groups is 1. The van der Waals surface area contributed by atoms with Crippen molar-refractivity contribution < 1.29 is 14.5 Å². The molecule has 0 bridgehead atoms. The minimum absolute atomic E-state index is 0.0178. The minimum Gasteiger partial charge on any atom is -0.492 e. The van der Waals surface area contributed by atoms with E-state index < -0.39 is 10.8 Å². The number of rotatable bonds is 5. The average molecular weight is 414 g/mol. The largest absolute Gasteiger partial charge is 0.492 e. The summed E-state index contributed by atoms with van der Waals surface area (Å²) in [5, 5.41) is 16.3. The standard InChI is InChI=1S/C16H13Cl2N3O4S/c1-2-25-14-6-3-9(7-12(14)18)15(22)20-16(26)19-13-5-4-10(21(23)24)8-11(13)17/h3-8H,2H2,1H3,(H2,19,20,22,26). The number of carbonyl (C=O) groups excluding carboxylic acids is 1. The van der Waals surface area contributed by atoms with Crippen molar-refractivity contribution >= 4 is 57.8 Å². The van der Waals surface area contributed by atoms with Gasteiger partial charge < -0.3 is 10.1 Å². The van der Waals surface area contributed by atoms with Crippen LogP contribution in [0.25, 0.3) is 0 Å². The number of carbonyl (C=O) groups is 1. The summed E-state index contributed by atoms with van der Waals surface area (Å²) >= 11 is 17.1. The number of nitro benzene ring substituents is 1. The molecule has 2 N–H and O–H groups in total. The summed E-state index contributed by atoms with van der Waals surface area (Å²) in [6.07, 6.45) is 0.